The Hall–Kier alpha value is -3.32. The van der Waals surface area contributed by atoms with Crippen molar-refractivity contribution < 1.29 is 19.1 Å². The zero-order valence-corrected chi connectivity index (χ0v) is 18.4. The Morgan fingerprint density at radius 2 is 1.77 bits per heavy atom. The van der Waals surface area contributed by atoms with Gasteiger partial charge in [0.1, 0.15) is 16.5 Å². The van der Waals surface area contributed by atoms with E-state index in [-0.39, 0.29) is 16.6 Å². The van der Waals surface area contributed by atoms with Gasteiger partial charge in [-0.15, -0.1) is 0 Å². The third-order valence-corrected chi connectivity index (χ3v) is 4.96. The summed E-state index contributed by atoms with van der Waals surface area (Å²) in [4.78, 5) is 26.5. The highest BCUT2D eigenvalue weighted by Crippen LogP contribution is 2.24. The summed E-state index contributed by atoms with van der Waals surface area (Å²) in [6, 6.07) is 16.7. The second-order valence-corrected chi connectivity index (χ2v) is 7.26. The highest BCUT2D eigenvalue weighted by molar-refractivity contribution is 6.33. The minimum Gasteiger partial charge on any atom is -0.494 e. The molecule has 0 radical (unpaired) electrons. The first kappa shape index (κ1) is 22.4. The van der Waals surface area contributed by atoms with Crippen LogP contribution in [0.4, 0.5) is 0 Å². The smallest absolute Gasteiger partial charge is 0.343 e. The number of benzene rings is 2. The Bertz CT molecular complexity index is 1050. The molecule has 0 aliphatic rings. The molecule has 1 heterocycles. The molecule has 0 aliphatic carbocycles. The fourth-order valence-corrected chi connectivity index (χ4v) is 3.35. The van der Waals surface area contributed by atoms with Crippen LogP contribution in [-0.2, 0) is 16.1 Å². The quantitative estimate of drug-likeness (QED) is 0.493. The van der Waals surface area contributed by atoms with Gasteiger partial charge in [0.15, 0.2) is 6.61 Å². The van der Waals surface area contributed by atoms with Crippen molar-refractivity contribution in [2.45, 2.75) is 20.4 Å². The van der Waals surface area contributed by atoms with Crippen molar-refractivity contribution in [1.29, 1.82) is 0 Å². The van der Waals surface area contributed by atoms with Crippen LogP contribution >= 0.6 is 11.6 Å². The molecule has 2 aromatic carbocycles. The van der Waals surface area contributed by atoms with E-state index in [1.807, 2.05) is 61.5 Å². The number of esters is 1. The van der Waals surface area contributed by atoms with E-state index in [4.69, 9.17) is 21.1 Å². The van der Waals surface area contributed by atoms with Crippen molar-refractivity contribution in [2.24, 2.45) is 0 Å². The van der Waals surface area contributed by atoms with Crippen LogP contribution in [0.2, 0.25) is 5.15 Å². The number of carbonyl (C=O) groups excluding carboxylic acids is 2. The fraction of sp³-hybridized carbons (Fsp3) is 0.261. The maximum Gasteiger partial charge on any atom is 0.343 e. The van der Waals surface area contributed by atoms with Crippen LogP contribution in [-0.4, -0.2) is 46.8 Å². The summed E-state index contributed by atoms with van der Waals surface area (Å²) in [7, 11) is 1.65. The van der Waals surface area contributed by atoms with E-state index in [9.17, 15) is 9.59 Å². The fourth-order valence-electron chi connectivity index (χ4n) is 3.00. The molecule has 162 valence electrons. The molecule has 0 bridgehead atoms. The van der Waals surface area contributed by atoms with E-state index in [2.05, 4.69) is 5.10 Å². The highest BCUT2D eigenvalue weighted by atomic mass is 35.5. The SMILES string of the molecule is CCOc1ccc(CN(C)C(=O)COC(=O)c2c(C)nn(-c3ccccc3)c2Cl)cc1. The van der Waals surface area contributed by atoms with Crippen molar-refractivity contribution in [2.75, 3.05) is 20.3 Å². The molecule has 0 saturated heterocycles. The third-order valence-electron chi connectivity index (χ3n) is 4.62. The number of aryl methyl sites for hydroxylation is 1. The standard InChI is InChI=1S/C23H24ClN3O4/c1-4-30-19-12-10-17(11-13-19)14-26(3)20(28)15-31-23(29)21-16(2)25-27(22(21)24)18-8-6-5-7-9-18/h5-13H,4,14-15H2,1-3H3. The minimum atomic E-state index is -0.688. The molecule has 8 heteroatoms. The Morgan fingerprint density at radius 3 is 2.42 bits per heavy atom. The van der Waals surface area contributed by atoms with Crippen molar-refractivity contribution in [3.8, 4) is 11.4 Å². The third kappa shape index (κ3) is 5.44. The average molecular weight is 442 g/mol. The lowest BCUT2D eigenvalue weighted by Crippen LogP contribution is -2.30. The van der Waals surface area contributed by atoms with Crippen molar-refractivity contribution in [3.63, 3.8) is 0 Å². The summed E-state index contributed by atoms with van der Waals surface area (Å²) in [6.45, 7) is 4.18. The number of halogens is 1. The maximum absolute atomic E-state index is 12.6. The molecule has 31 heavy (non-hydrogen) atoms. The van der Waals surface area contributed by atoms with Gasteiger partial charge in [0.25, 0.3) is 5.91 Å². The number of likely N-dealkylation sites (N-methyl/N-ethyl adjacent to an activating group) is 1. The van der Waals surface area contributed by atoms with Crippen LogP contribution in [0.1, 0.15) is 28.5 Å². The lowest BCUT2D eigenvalue weighted by Gasteiger charge is -2.17. The Kier molecular flexibility index (Phi) is 7.31. The summed E-state index contributed by atoms with van der Waals surface area (Å²) in [5.41, 5.74) is 2.23. The molecule has 3 rings (SSSR count). The Balaban J connectivity index is 1.60. The number of para-hydroxylation sites is 1. The Morgan fingerprint density at radius 1 is 1.10 bits per heavy atom. The van der Waals surface area contributed by atoms with Gasteiger partial charge in [0.2, 0.25) is 0 Å². The maximum atomic E-state index is 12.6. The van der Waals surface area contributed by atoms with Gasteiger partial charge in [-0.2, -0.15) is 5.10 Å². The molecule has 7 nitrogen and oxygen atoms in total. The van der Waals surface area contributed by atoms with Crippen molar-refractivity contribution in [1.82, 2.24) is 14.7 Å². The number of nitrogens with zero attached hydrogens (tertiary/aromatic N) is 3. The number of carbonyl (C=O) groups is 2. The van der Waals surface area contributed by atoms with Gasteiger partial charge in [-0.05, 0) is 43.7 Å². The van der Waals surface area contributed by atoms with Crippen molar-refractivity contribution >= 4 is 23.5 Å². The minimum absolute atomic E-state index is 0.142. The van der Waals surface area contributed by atoms with E-state index >= 15 is 0 Å². The molecule has 0 N–H and O–H groups in total. The monoisotopic (exact) mass is 441 g/mol. The van der Waals surface area contributed by atoms with Crippen LogP contribution in [0.3, 0.4) is 0 Å². The molecule has 0 fully saturated rings. The number of amides is 1. The van der Waals surface area contributed by atoms with Crippen LogP contribution in [0.25, 0.3) is 5.69 Å². The van der Waals surface area contributed by atoms with Gasteiger partial charge in [0.05, 0.1) is 18.0 Å². The van der Waals surface area contributed by atoms with Crippen LogP contribution in [0.5, 0.6) is 5.75 Å². The number of aromatic nitrogens is 2. The summed E-state index contributed by atoms with van der Waals surface area (Å²) in [5.74, 6) is -0.239. The first-order chi connectivity index (χ1) is 14.9. The molecule has 0 aliphatic heterocycles. The van der Waals surface area contributed by atoms with Crippen LogP contribution in [0.15, 0.2) is 54.6 Å². The second kappa shape index (κ2) is 10.1. The molecule has 0 unspecified atom stereocenters. The molecule has 3 aromatic rings. The predicted molar refractivity (Wildman–Crippen MR) is 118 cm³/mol. The number of hydrogen-bond acceptors (Lipinski definition) is 5. The lowest BCUT2D eigenvalue weighted by molar-refractivity contribution is -0.133. The van der Waals surface area contributed by atoms with Gasteiger partial charge in [-0.1, -0.05) is 41.9 Å². The first-order valence-corrected chi connectivity index (χ1v) is 10.2. The number of ether oxygens (including phenoxy) is 2. The summed E-state index contributed by atoms with van der Waals surface area (Å²) >= 11 is 6.37. The van der Waals surface area contributed by atoms with Gasteiger partial charge < -0.3 is 14.4 Å². The van der Waals surface area contributed by atoms with Crippen LogP contribution < -0.4 is 4.74 Å². The molecule has 0 spiro atoms. The largest absolute Gasteiger partial charge is 0.494 e. The van der Waals surface area contributed by atoms with E-state index in [0.717, 1.165) is 17.0 Å². The normalized spacial score (nSPS) is 10.6. The average Bonchev–Trinajstić information content (AvgIpc) is 3.08. The number of rotatable bonds is 8. The zero-order valence-electron chi connectivity index (χ0n) is 17.7. The van der Waals surface area contributed by atoms with E-state index in [0.29, 0.717) is 18.8 Å². The van der Waals surface area contributed by atoms with E-state index in [1.165, 1.54) is 9.58 Å². The topological polar surface area (TPSA) is 73.7 Å². The molecule has 0 atom stereocenters. The van der Waals surface area contributed by atoms with E-state index in [1.54, 1.807) is 14.0 Å². The van der Waals surface area contributed by atoms with Gasteiger partial charge >= 0.3 is 5.97 Å². The van der Waals surface area contributed by atoms with Gasteiger partial charge in [0, 0.05) is 13.6 Å². The number of hydrogen-bond donors (Lipinski definition) is 0. The summed E-state index contributed by atoms with van der Waals surface area (Å²) < 4.78 is 12.1. The predicted octanol–water partition coefficient (Wildman–Crippen LogP) is 4.05. The van der Waals surface area contributed by atoms with E-state index < -0.39 is 12.6 Å². The molecular formula is C23H24ClN3O4. The molecule has 1 aromatic heterocycles. The first-order valence-electron chi connectivity index (χ1n) is 9.84. The second-order valence-electron chi connectivity index (χ2n) is 6.90. The highest BCUT2D eigenvalue weighted by Gasteiger charge is 2.23. The Labute approximate surface area is 186 Å². The van der Waals surface area contributed by atoms with Crippen LogP contribution in [0, 0.1) is 6.92 Å². The summed E-state index contributed by atoms with van der Waals surface area (Å²) in [5, 5.41) is 4.46. The zero-order chi connectivity index (χ0) is 22.4. The molecule has 0 saturated carbocycles. The molecular weight excluding hydrogens is 418 g/mol. The summed E-state index contributed by atoms with van der Waals surface area (Å²) in [6.07, 6.45) is 0. The van der Waals surface area contributed by atoms with Crippen molar-refractivity contribution in [3.05, 3.63) is 76.6 Å². The van der Waals surface area contributed by atoms with Gasteiger partial charge in [-0.3, -0.25) is 4.79 Å². The van der Waals surface area contributed by atoms with Gasteiger partial charge in [-0.25, -0.2) is 9.48 Å². The molecule has 1 amide bonds. The lowest BCUT2D eigenvalue weighted by atomic mass is 10.2.